The molecule has 3 atom stereocenters. The van der Waals surface area contributed by atoms with Crippen molar-refractivity contribution in [2.75, 3.05) is 6.61 Å². The largest absolute Gasteiger partial charge is 0.462 e. The van der Waals surface area contributed by atoms with E-state index in [0.717, 1.165) is 44.9 Å². The Morgan fingerprint density at radius 1 is 0.519 bits per heavy atom. The van der Waals surface area contributed by atoms with Gasteiger partial charge in [-0.15, -0.1) is 0 Å². The summed E-state index contributed by atoms with van der Waals surface area (Å²) in [5, 5.41) is 23.6. The van der Waals surface area contributed by atoms with Gasteiger partial charge in [0.1, 0.15) is 6.10 Å². The highest BCUT2D eigenvalue weighted by atomic mass is 16.5. The maximum absolute atomic E-state index is 13.1. The second kappa shape index (κ2) is 42.7. The Bertz CT molecular complexity index is 817. The second-order valence-electron chi connectivity index (χ2n) is 16.5. The van der Waals surface area contributed by atoms with E-state index in [1.54, 1.807) is 0 Å². The fourth-order valence-electron chi connectivity index (χ4n) is 7.43. The summed E-state index contributed by atoms with van der Waals surface area (Å²) in [4.78, 5) is 26.0. The molecule has 0 saturated carbocycles. The van der Waals surface area contributed by atoms with E-state index in [0.29, 0.717) is 19.3 Å². The summed E-state index contributed by atoms with van der Waals surface area (Å²) in [6.07, 6.45) is 45.5. The number of hydrogen-bond acceptors (Lipinski definition) is 5. The van der Waals surface area contributed by atoms with E-state index < -0.39 is 18.2 Å². The lowest BCUT2D eigenvalue weighted by Gasteiger charge is -2.24. The van der Waals surface area contributed by atoms with Crippen molar-refractivity contribution in [3.05, 3.63) is 12.2 Å². The van der Waals surface area contributed by atoms with E-state index in [2.05, 4.69) is 38.2 Å². The van der Waals surface area contributed by atoms with Crippen LogP contribution in [-0.4, -0.2) is 46.9 Å². The normalized spacial score (nSPS) is 13.4. The third-order valence-electron chi connectivity index (χ3n) is 11.1. The van der Waals surface area contributed by atoms with Crippen LogP contribution < -0.4 is 5.32 Å². The summed E-state index contributed by atoms with van der Waals surface area (Å²) >= 11 is 0. The minimum absolute atomic E-state index is 0.0820. The topological polar surface area (TPSA) is 95.9 Å². The molecule has 0 fully saturated rings. The molecule has 0 rings (SSSR count). The fraction of sp³-hybridized carbons (Fsp3) is 0.917. The van der Waals surface area contributed by atoms with Gasteiger partial charge in [0.25, 0.3) is 0 Å². The lowest BCUT2D eigenvalue weighted by molar-refractivity contribution is -0.151. The Labute approximate surface area is 336 Å². The van der Waals surface area contributed by atoms with Gasteiger partial charge in [0.05, 0.1) is 25.2 Å². The molecule has 0 aliphatic carbocycles. The monoisotopic (exact) mass is 764 g/mol. The van der Waals surface area contributed by atoms with Crippen LogP contribution in [-0.2, 0) is 14.3 Å². The predicted molar refractivity (Wildman–Crippen MR) is 232 cm³/mol. The third-order valence-corrected chi connectivity index (χ3v) is 11.1. The highest BCUT2D eigenvalue weighted by Crippen LogP contribution is 2.18. The van der Waals surface area contributed by atoms with Gasteiger partial charge in [-0.3, -0.25) is 9.59 Å². The molecule has 6 heteroatoms. The van der Waals surface area contributed by atoms with E-state index in [4.69, 9.17) is 4.74 Å². The van der Waals surface area contributed by atoms with Crippen LogP contribution in [0.15, 0.2) is 12.2 Å². The number of ether oxygens (including phenoxy) is 1. The molecule has 0 radical (unpaired) electrons. The lowest BCUT2D eigenvalue weighted by atomic mass is 10.0. The molecule has 0 aromatic rings. The molecule has 0 saturated heterocycles. The SMILES string of the molecule is CCCCCC/C=C\CCCCCCCCCC(=O)OC(CCCCCCCCCCCC)CC(=O)NC(CO)C(O)CCCCCCCCCCCC. The molecule has 3 N–H and O–H groups in total. The molecule has 0 aromatic heterocycles. The number of aliphatic hydroxyl groups is 2. The van der Waals surface area contributed by atoms with Crippen LogP contribution in [0.4, 0.5) is 0 Å². The van der Waals surface area contributed by atoms with Gasteiger partial charge in [0.15, 0.2) is 0 Å². The first kappa shape index (κ1) is 52.6. The Hall–Kier alpha value is -1.40. The second-order valence-corrected chi connectivity index (χ2v) is 16.5. The first-order valence-corrected chi connectivity index (χ1v) is 23.9. The van der Waals surface area contributed by atoms with E-state index in [1.807, 2.05) is 0 Å². The van der Waals surface area contributed by atoms with Crippen LogP contribution in [0.1, 0.15) is 258 Å². The Kier molecular flexibility index (Phi) is 41.6. The molecule has 54 heavy (non-hydrogen) atoms. The number of hydrogen-bond donors (Lipinski definition) is 3. The molecular weight excluding hydrogens is 671 g/mol. The van der Waals surface area contributed by atoms with E-state index in [1.165, 1.54) is 167 Å². The number of aliphatic hydroxyl groups excluding tert-OH is 2. The number of unbranched alkanes of at least 4 members (excludes halogenated alkanes) is 29. The van der Waals surface area contributed by atoms with Crippen LogP contribution >= 0.6 is 0 Å². The van der Waals surface area contributed by atoms with E-state index in [-0.39, 0.29) is 24.9 Å². The van der Waals surface area contributed by atoms with Crippen molar-refractivity contribution in [1.82, 2.24) is 5.32 Å². The van der Waals surface area contributed by atoms with E-state index in [9.17, 15) is 19.8 Å². The zero-order valence-corrected chi connectivity index (χ0v) is 36.4. The molecule has 0 aliphatic rings. The number of carbonyl (C=O) groups is 2. The van der Waals surface area contributed by atoms with Gasteiger partial charge in [-0.1, -0.05) is 206 Å². The molecule has 0 bridgehead atoms. The molecule has 0 heterocycles. The summed E-state index contributed by atoms with van der Waals surface area (Å²) < 4.78 is 5.91. The van der Waals surface area contributed by atoms with Crippen molar-refractivity contribution < 1.29 is 24.5 Å². The number of allylic oxidation sites excluding steroid dienone is 2. The maximum Gasteiger partial charge on any atom is 0.306 e. The standard InChI is InChI=1S/C48H93NO5/c1-4-7-10-13-16-19-22-23-24-25-26-29-32-35-38-41-48(53)54-44(39-36-33-30-27-20-17-14-11-8-5-2)42-47(52)49-45(43-50)46(51)40-37-34-31-28-21-18-15-12-9-6-3/h19,22,44-46,50-51H,4-18,20-21,23-43H2,1-3H3,(H,49,52)/b22-19-. The maximum atomic E-state index is 13.1. The molecule has 0 spiro atoms. The quantitative estimate of drug-likeness (QED) is 0.0326. The molecular formula is C48H93NO5. The van der Waals surface area contributed by atoms with Crippen molar-refractivity contribution in [1.29, 1.82) is 0 Å². The average Bonchev–Trinajstić information content (AvgIpc) is 3.16. The summed E-state index contributed by atoms with van der Waals surface area (Å²) in [7, 11) is 0. The third kappa shape index (κ3) is 37.5. The van der Waals surface area contributed by atoms with Crippen molar-refractivity contribution >= 4 is 11.9 Å². The zero-order chi connectivity index (χ0) is 39.6. The first-order chi connectivity index (χ1) is 26.5. The predicted octanol–water partition coefficient (Wildman–Crippen LogP) is 13.8. The summed E-state index contributed by atoms with van der Waals surface area (Å²) in [5.41, 5.74) is 0. The first-order valence-electron chi connectivity index (χ1n) is 23.9. The van der Waals surface area contributed by atoms with Gasteiger partial charge in [-0.05, 0) is 51.4 Å². The van der Waals surface area contributed by atoms with Gasteiger partial charge >= 0.3 is 5.97 Å². The van der Waals surface area contributed by atoms with Crippen LogP contribution in [0.5, 0.6) is 0 Å². The average molecular weight is 764 g/mol. The van der Waals surface area contributed by atoms with Gasteiger partial charge in [-0.25, -0.2) is 0 Å². The van der Waals surface area contributed by atoms with Crippen molar-refractivity contribution in [2.45, 2.75) is 277 Å². The molecule has 0 aliphatic heterocycles. The highest BCUT2D eigenvalue weighted by Gasteiger charge is 2.24. The van der Waals surface area contributed by atoms with Crippen LogP contribution in [0, 0.1) is 0 Å². The minimum Gasteiger partial charge on any atom is -0.462 e. The Balaban J connectivity index is 4.51. The minimum atomic E-state index is -0.780. The molecule has 320 valence electrons. The lowest BCUT2D eigenvalue weighted by Crippen LogP contribution is -2.46. The van der Waals surface area contributed by atoms with Gasteiger partial charge < -0.3 is 20.3 Å². The Morgan fingerprint density at radius 3 is 1.33 bits per heavy atom. The number of amides is 1. The number of nitrogens with one attached hydrogen (secondary N) is 1. The van der Waals surface area contributed by atoms with Crippen molar-refractivity contribution in [3.8, 4) is 0 Å². The zero-order valence-electron chi connectivity index (χ0n) is 36.4. The van der Waals surface area contributed by atoms with Crippen molar-refractivity contribution in [2.24, 2.45) is 0 Å². The van der Waals surface area contributed by atoms with Gasteiger partial charge in [0.2, 0.25) is 5.91 Å². The van der Waals surface area contributed by atoms with Crippen LogP contribution in [0.2, 0.25) is 0 Å². The molecule has 0 aromatic carbocycles. The molecule has 1 amide bonds. The summed E-state index contributed by atoms with van der Waals surface area (Å²) in [6.45, 7) is 6.45. The van der Waals surface area contributed by atoms with Crippen LogP contribution in [0.25, 0.3) is 0 Å². The number of rotatable bonds is 43. The highest BCUT2D eigenvalue weighted by molar-refractivity contribution is 5.77. The van der Waals surface area contributed by atoms with Gasteiger partial charge in [0, 0.05) is 6.42 Å². The number of esters is 1. The smallest absolute Gasteiger partial charge is 0.306 e. The fourth-order valence-corrected chi connectivity index (χ4v) is 7.43. The van der Waals surface area contributed by atoms with E-state index >= 15 is 0 Å². The summed E-state index contributed by atoms with van der Waals surface area (Å²) in [6, 6.07) is -0.693. The molecule has 3 unspecified atom stereocenters. The summed E-state index contributed by atoms with van der Waals surface area (Å²) in [5.74, 6) is -0.468. The number of carbonyl (C=O) groups excluding carboxylic acids is 2. The molecule has 6 nitrogen and oxygen atoms in total. The van der Waals surface area contributed by atoms with Crippen molar-refractivity contribution in [3.63, 3.8) is 0 Å². The van der Waals surface area contributed by atoms with Crippen LogP contribution in [0.3, 0.4) is 0 Å². The Morgan fingerprint density at radius 2 is 0.889 bits per heavy atom. The van der Waals surface area contributed by atoms with Gasteiger partial charge in [-0.2, -0.15) is 0 Å².